The van der Waals surface area contributed by atoms with E-state index < -0.39 is 23.3 Å². The molecular weight excluding hydrogens is 1030 g/mol. The Bertz CT molecular complexity index is 2450. The highest BCUT2D eigenvalue weighted by Gasteiger charge is 2.42. The number of aliphatic hydroxyl groups is 2. The average molecular weight is 1120 g/mol. The highest BCUT2D eigenvalue weighted by atomic mass is 32.1. The van der Waals surface area contributed by atoms with Crippen LogP contribution in [0.4, 0.5) is 26.1 Å². The number of anilines is 3. The van der Waals surface area contributed by atoms with E-state index in [0.717, 1.165) is 74.2 Å². The van der Waals surface area contributed by atoms with Gasteiger partial charge in [-0.25, -0.2) is 23.7 Å². The zero-order valence-electron chi connectivity index (χ0n) is 48.7. The number of carbonyl (C=O) groups is 4. The van der Waals surface area contributed by atoms with Crippen LogP contribution in [0.1, 0.15) is 137 Å². The molecule has 5 saturated heterocycles. The Morgan fingerprint density at radius 2 is 1.44 bits per heavy atom. The number of amides is 4. The molecule has 5 N–H and O–H groups in total. The normalized spacial score (nSPS) is 18.6. The Labute approximate surface area is 473 Å². The highest BCUT2D eigenvalue weighted by Crippen LogP contribution is 2.35. The summed E-state index contributed by atoms with van der Waals surface area (Å²) in [6, 6.07) is 12.9. The van der Waals surface area contributed by atoms with Gasteiger partial charge in [-0.05, 0) is 107 Å². The number of aliphatic hydroxyl groups excluding tert-OH is 2. The number of β-amino-alcohol motifs (C(OH)–C–C–N with tert-alkyl or cyclic N) is 1. The molecule has 20 heteroatoms. The van der Waals surface area contributed by atoms with E-state index in [1.54, 1.807) is 34.4 Å². The van der Waals surface area contributed by atoms with E-state index in [0.29, 0.717) is 75.9 Å². The van der Waals surface area contributed by atoms with Gasteiger partial charge in [-0.2, -0.15) is 0 Å². The van der Waals surface area contributed by atoms with E-state index in [9.17, 15) is 19.2 Å². The highest BCUT2D eigenvalue weighted by molar-refractivity contribution is 7.13. The average Bonchev–Trinajstić information content (AvgIpc) is 4.26. The molecule has 79 heavy (non-hydrogen) atoms. The van der Waals surface area contributed by atoms with Gasteiger partial charge in [-0.3, -0.25) is 24.1 Å². The largest absolute Gasteiger partial charge is 0.397 e. The first kappa shape index (κ1) is 65.7. The van der Waals surface area contributed by atoms with Crippen molar-refractivity contribution in [3.05, 3.63) is 82.8 Å². The molecule has 9 rings (SSSR count). The van der Waals surface area contributed by atoms with Crippen molar-refractivity contribution >= 4 is 53.3 Å². The van der Waals surface area contributed by atoms with E-state index in [2.05, 4.69) is 112 Å². The van der Waals surface area contributed by atoms with E-state index >= 15 is 8.78 Å². The third-order valence-electron chi connectivity index (χ3n) is 14.0. The van der Waals surface area contributed by atoms with Crippen LogP contribution in [-0.2, 0) is 25.7 Å². The predicted octanol–water partition coefficient (Wildman–Crippen LogP) is 8.28. The topological polar surface area (TPSA) is 200 Å². The lowest BCUT2D eigenvalue weighted by Crippen LogP contribution is -2.66. The Hall–Kier alpha value is -5.83. The number of halogens is 2. The molecule has 0 bridgehead atoms. The molecule has 1 spiro atoms. The quantitative estimate of drug-likeness (QED) is 0.0851. The summed E-state index contributed by atoms with van der Waals surface area (Å²) >= 11 is 1.64. The van der Waals surface area contributed by atoms with Crippen molar-refractivity contribution in [2.24, 2.45) is 11.3 Å². The van der Waals surface area contributed by atoms with Crippen LogP contribution in [0.25, 0.3) is 10.4 Å². The molecule has 0 aliphatic carbocycles. The van der Waals surface area contributed by atoms with Crippen molar-refractivity contribution in [1.29, 1.82) is 0 Å². The van der Waals surface area contributed by atoms with Gasteiger partial charge < -0.3 is 45.8 Å². The number of aryl methyl sites for hydroxylation is 1. The van der Waals surface area contributed by atoms with Crippen molar-refractivity contribution in [2.45, 2.75) is 145 Å². The number of nitrogens with zero attached hydrogens (tertiary/aromatic N) is 8. The molecule has 4 aromatic rings. The monoisotopic (exact) mass is 1120 g/mol. The molecule has 2 aromatic carbocycles. The first-order chi connectivity index (χ1) is 37.7. The van der Waals surface area contributed by atoms with Crippen molar-refractivity contribution in [1.82, 2.24) is 40.7 Å². The zero-order valence-corrected chi connectivity index (χ0v) is 49.5. The first-order valence-corrected chi connectivity index (χ1v) is 29.1. The maximum Gasteiger partial charge on any atom is 0.242 e. The molecule has 4 amide bonds. The van der Waals surface area contributed by atoms with Gasteiger partial charge >= 0.3 is 0 Å². The number of rotatable bonds is 12. The Morgan fingerprint density at radius 3 is 1.97 bits per heavy atom. The summed E-state index contributed by atoms with van der Waals surface area (Å²) in [4.78, 5) is 68.6. The van der Waals surface area contributed by atoms with E-state index in [1.807, 2.05) is 31.5 Å². The summed E-state index contributed by atoms with van der Waals surface area (Å²) < 4.78 is 30.7. The third-order valence-corrected chi connectivity index (χ3v) is 15.0. The summed E-state index contributed by atoms with van der Waals surface area (Å²) in [5.41, 5.74) is 5.55. The molecular formula is C59H91F2N11O6S. The van der Waals surface area contributed by atoms with Crippen LogP contribution >= 0.6 is 11.3 Å². The lowest BCUT2D eigenvalue weighted by molar-refractivity contribution is -0.130. The molecule has 7 heterocycles. The number of hydrogen-bond acceptors (Lipinski definition) is 14. The minimum Gasteiger partial charge on any atom is -0.397 e. The van der Waals surface area contributed by atoms with E-state index in [4.69, 9.17) is 10.2 Å². The number of thiazole rings is 1. The molecule has 5 fully saturated rings. The maximum absolute atomic E-state index is 15.4. The van der Waals surface area contributed by atoms with Crippen LogP contribution in [0, 0.1) is 29.9 Å². The van der Waals surface area contributed by atoms with Gasteiger partial charge in [-0.15, -0.1) is 11.3 Å². The summed E-state index contributed by atoms with van der Waals surface area (Å²) in [5.74, 6) is 1.52. The van der Waals surface area contributed by atoms with Gasteiger partial charge in [0.15, 0.2) is 0 Å². The minimum atomic E-state index is -0.487. The number of hydrogen-bond donors (Lipinski definition) is 5. The SMILES string of the molecule is CC(C)C.CC1(C)CCN(Cc2cc(F)c(N3CC(=O)NC4(CCN(c5cc(N6CCCC6)ncn5)CC4)C3)cc2F)CC1.CCC.CCO.Cc1ncsc1-c1ccc([C@H](C)NC=O)cc1.O=CNCC(=O)N1CCC(O)C1. The Morgan fingerprint density at radius 1 is 0.848 bits per heavy atom. The smallest absolute Gasteiger partial charge is 0.242 e. The summed E-state index contributed by atoms with van der Waals surface area (Å²) in [6.07, 6.45) is 10.2. The van der Waals surface area contributed by atoms with Crippen molar-refractivity contribution in [2.75, 3.05) is 93.3 Å². The van der Waals surface area contributed by atoms with Crippen molar-refractivity contribution in [3.8, 4) is 10.4 Å². The number of nitrogens with one attached hydrogen (secondary N) is 3. The predicted molar refractivity (Wildman–Crippen MR) is 313 cm³/mol. The van der Waals surface area contributed by atoms with E-state index in [1.165, 1.54) is 41.8 Å². The second kappa shape index (κ2) is 33.0. The number of benzene rings is 2. The second-order valence-corrected chi connectivity index (χ2v) is 23.2. The number of carbonyl (C=O) groups excluding carboxylic acids is 4. The van der Waals surface area contributed by atoms with Gasteiger partial charge in [-0.1, -0.05) is 79.2 Å². The van der Waals surface area contributed by atoms with Crippen LogP contribution in [0.2, 0.25) is 0 Å². The second-order valence-electron chi connectivity index (χ2n) is 22.4. The zero-order chi connectivity index (χ0) is 58.1. The van der Waals surface area contributed by atoms with Crippen LogP contribution in [-0.4, -0.2) is 150 Å². The summed E-state index contributed by atoms with van der Waals surface area (Å²) in [5, 5.41) is 24.9. The van der Waals surface area contributed by atoms with Crippen molar-refractivity contribution < 1.29 is 38.2 Å². The lowest BCUT2D eigenvalue weighted by Gasteiger charge is -2.48. The number of piperidine rings is 2. The molecule has 438 valence electrons. The van der Waals surface area contributed by atoms with Crippen LogP contribution in [0.3, 0.4) is 0 Å². The molecule has 17 nitrogen and oxygen atoms in total. The number of piperazine rings is 1. The van der Waals surface area contributed by atoms with Crippen molar-refractivity contribution in [3.63, 3.8) is 0 Å². The Kier molecular flexibility index (Phi) is 27.5. The number of aromatic nitrogens is 3. The third kappa shape index (κ3) is 21.3. The molecule has 2 aromatic heterocycles. The molecule has 2 atom stereocenters. The van der Waals surface area contributed by atoms with E-state index in [-0.39, 0.29) is 43.2 Å². The fourth-order valence-electron chi connectivity index (χ4n) is 9.62. The molecule has 5 aliphatic rings. The Balaban J connectivity index is 0.000000281. The maximum atomic E-state index is 15.4. The molecule has 0 radical (unpaired) electrons. The lowest BCUT2D eigenvalue weighted by atomic mass is 9.82. The van der Waals surface area contributed by atoms with Gasteiger partial charge in [0, 0.05) is 76.7 Å². The standard InChI is InChI=1S/C30H41F2N7O.C13H14N2OS.C7H12N2O3.C4H10.C3H8.C2H6O/c1-29(2)5-11-36(12-6-29)18-22-15-24(32)25(16-23(22)31)39-19-28(40)35-30(20-39)7-13-38(14-8-30)27-17-26(33-21-34-27)37-9-3-4-10-37;1-9(14-7-16)11-3-5-12(6-4-11)13-10(2)15-8-17-13;10-5-8-3-7(12)9-2-1-6(11)4-9;1-4(2)3;1-3-2;1-2-3/h15-17,21H,3-14,18-20H2,1-2H3,(H,35,40);3-9H,1-2H3,(H,14,16);5-6,11H,1-4H2,(H,8,10);4H,1-3H3;3H2,1-2H3;3H,2H2,1H3/t;9-;;;;/m.0..../s1. The van der Waals surface area contributed by atoms with Gasteiger partial charge in [0.1, 0.15) is 29.6 Å². The fourth-order valence-corrected chi connectivity index (χ4v) is 10.4. The summed E-state index contributed by atoms with van der Waals surface area (Å²) in [6.45, 7) is 28.3. The molecule has 1 unspecified atom stereocenters. The van der Waals surface area contributed by atoms with Gasteiger partial charge in [0.2, 0.25) is 24.6 Å². The molecule has 5 aliphatic heterocycles. The van der Waals surface area contributed by atoms with Crippen LogP contribution in [0.15, 0.2) is 54.3 Å². The summed E-state index contributed by atoms with van der Waals surface area (Å²) in [7, 11) is 0. The number of likely N-dealkylation sites (tertiary alicyclic amines) is 2. The fraction of sp³-hybridized carbons (Fsp3) is 0.610. The van der Waals surface area contributed by atoms with Crippen LogP contribution in [0.5, 0.6) is 0 Å². The first-order valence-electron chi connectivity index (χ1n) is 28.2. The van der Waals surface area contributed by atoms with Gasteiger partial charge in [0.05, 0.1) is 52.5 Å². The molecule has 0 saturated carbocycles. The van der Waals surface area contributed by atoms with Crippen LogP contribution < -0.4 is 30.7 Å². The van der Waals surface area contributed by atoms with Gasteiger partial charge in [0.25, 0.3) is 0 Å². The minimum absolute atomic E-state index is 0.0213.